The summed E-state index contributed by atoms with van der Waals surface area (Å²) in [5.41, 5.74) is 0.0901. The van der Waals surface area contributed by atoms with E-state index in [1.165, 1.54) is 18.2 Å². The number of benzene rings is 1. The number of carbonyl (C=O) groups is 1. The molecule has 0 aliphatic carbocycles. The predicted octanol–water partition coefficient (Wildman–Crippen LogP) is 6.75. The van der Waals surface area contributed by atoms with Crippen LogP contribution in [0.25, 0.3) is 0 Å². The molecule has 0 heterocycles. The molecular weight excluding hydrogens is 448 g/mol. The summed E-state index contributed by atoms with van der Waals surface area (Å²) in [7, 11) is 0. The zero-order valence-corrected chi connectivity index (χ0v) is 18.8. The van der Waals surface area contributed by atoms with Gasteiger partial charge in [-0.2, -0.15) is 0 Å². The number of halogens is 4. The zero-order valence-electron chi connectivity index (χ0n) is 15.5. The van der Waals surface area contributed by atoms with Gasteiger partial charge in [0.05, 0.1) is 10.5 Å². The van der Waals surface area contributed by atoms with Gasteiger partial charge in [-0.25, -0.2) is 9.18 Å². The van der Waals surface area contributed by atoms with E-state index in [0.29, 0.717) is 12.5 Å². The van der Waals surface area contributed by atoms with Crippen molar-refractivity contribution >= 4 is 50.9 Å². The van der Waals surface area contributed by atoms with Crippen LogP contribution < -0.4 is 0 Å². The van der Waals surface area contributed by atoms with Crippen molar-refractivity contribution in [2.24, 2.45) is 0 Å². The van der Waals surface area contributed by atoms with Crippen LogP contribution in [0.2, 0.25) is 6.04 Å². The second kappa shape index (κ2) is 13.4. The highest BCUT2D eigenvalue weighted by molar-refractivity contribution is 7.64. The Morgan fingerprint density at radius 3 is 2.25 bits per heavy atom. The number of nitrogens with zero attached hydrogens (tertiary/aromatic N) is 1. The summed E-state index contributed by atoms with van der Waals surface area (Å²) in [6, 6.07) is 4.09. The maximum atomic E-state index is 13.9. The van der Waals surface area contributed by atoms with Crippen LogP contribution in [-0.2, 0) is 16.1 Å². The Hall–Kier alpha value is -0.893. The number of hydrogen-bond acceptors (Lipinski definition) is 4. The highest BCUT2D eigenvalue weighted by Crippen LogP contribution is 2.27. The van der Waals surface area contributed by atoms with Crippen LogP contribution in [0.3, 0.4) is 0 Å². The van der Waals surface area contributed by atoms with Crippen molar-refractivity contribution in [3.8, 4) is 0 Å². The van der Waals surface area contributed by atoms with Crippen LogP contribution >= 0.6 is 33.2 Å². The number of unbranched alkanes of at least 4 members (excludes halogenated alkanes) is 6. The molecule has 0 radical (unpaired) electrons. The lowest BCUT2D eigenvalue weighted by atomic mass is 10.1. The molecule has 0 saturated carbocycles. The smallest absolute Gasteiger partial charge is 0.341 e. The molecule has 158 valence electrons. The van der Waals surface area contributed by atoms with Crippen LogP contribution in [-0.4, -0.2) is 23.1 Å². The van der Waals surface area contributed by atoms with Crippen LogP contribution in [0.5, 0.6) is 0 Å². The third-order valence-corrected chi connectivity index (χ3v) is 6.85. The van der Waals surface area contributed by atoms with E-state index < -0.39 is 23.1 Å². The molecule has 0 spiro atoms. The first-order valence-electron chi connectivity index (χ1n) is 9.30. The van der Waals surface area contributed by atoms with Gasteiger partial charge in [0, 0.05) is 6.07 Å². The summed E-state index contributed by atoms with van der Waals surface area (Å²) in [5.74, 6) is -0.978. The molecule has 1 aromatic rings. The van der Waals surface area contributed by atoms with Gasteiger partial charge in [-0.3, -0.25) is 10.1 Å². The number of carbonyl (C=O) groups excluding carboxylic acids is 1. The van der Waals surface area contributed by atoms with Crippen LogP contribution in [0.15, 0.2) is 24.3 Å². The molecule has 5 nitrogen and oxygen atoms in total. The van der Waals surface area contributed by atoms with Gasteiger partial charge in [-0.1, -0.05) is 50.7 Å². The summed E-state index contributed by atoms with van der Waals surface area (Å²) < 4.78 is 18.8. The quantitative estimate of drug-likeness (QED) is 0.0749. The van der Waals surface area contributed by atoms with E-state index >= 15 is 0 Å². The molecule has 1 unspecified atom stereocenters. The lowest BCUT2D eigenvalue weighted by Crippen LogP contribution is -2.19. The van der Waals surface area contributed by atoms with Gasteiger partial charge >= 0.3 is 12.0 Å². The number of nitro benzene ring substituents is 1. The highest BCUT2D eigenvalue weighted by Gasteiger charge is 2.23. The highest BCUT2D eigenvalue weighted by atomic mass is 35.8. The standard InChI is InChI=1S/C18H25Cl3FNO4Si/c19-28(20,21)13-9-5-3-1-2-4-6-11-16(22)18(24)27-14-15-10-7-8-12-17(15)23(25)26/h7-8,10,12,16H,1-6,9,11,13-14H2. The average Bonchev–Trinajstić information content (AvgIpc) is 2.63. The lowest BCUT2D eigenvalue weighted by molar-refractivity contribution is -0.385. The number of esters is 1. The van der Waals surface area contributed by atoms with Gasteiger partial charge in [0.25, 0.3) is 5.69 Å². The van der Waals surface area contributed by atoms with E-state index in [9.17, 15) is 19.3 Å². The first kappa shape index (κ1) is 25.1. The maximum Gasteiger partial charge on any atom is 0.341 e. The molecule has 1 rings (SSSR count). The SMILES string of the molecule is O=C(OCc1ccccc1[N+](=O)[O-])C(F)CCCCCCCCC[Si](Cl)(Cl)Cl. The van der Waals surface area contributed by atoms with Crippen molar-refractivity contribution in [2.75, 3.05) is 0 Å². The molecule has 0 fully saturated rings. The molecule has 10 heteroatoms. The molecular formula is C18H25Cl3FNO4Si. The summed E-state index contributed by atoms with van der Waals surface area (Å²) >= 11 is 17.4. The minimum atomic E-state index is -2.50. The third-order valence-electron chi connectivity index (χ3n) is 4.23. The fraction of sp³-hybridized carbons (Fsp3) is 0.611. The molecule has 1 atom stereocenters. The van der Waals surface area contributed by atoms with Crippen molar-refractivity contribution in [1.82, 2.24) is 0 Å². The van der Waals surface area contributed by atoms with E-state index in [2.05, 4.69) is 0 Å². The molecule has 0 saturated heterocycles. The number of para-hydroxylation sites is 1. The molecule has 0 bridgehead atoms. The fourth-order valence-electron chi connectivity index (χ4n) is 2.70. The Bertz CT molecular complexity index is 631. The van der Waals surface area contributed by atoms with E-state index in [4.69, 9.17) is 38.0 Å². The molecule has 28 heavy (non-hydrogen) atoms. The van der Waals surface area contributed by atoms with Crippen molar-refractivity contribution < 1.29 is 18.8 Å². The normalized spacial score (nSPS) is 12.6. The van der Waals surface area contributed by atoms with E-state index in [-0.39, 0.29) is 24.3 Å². The second-order valence-corrected chi connectivity index (χ2v) is 15.9. The number of alkyl halides is 1. The van der Waals surface area contributed by atoms with Gasteiger partial charge in [-0.05, 0) is 25.0 Å². The van der Waals surface area contributed by atoms with Gasteiger partial charge in [0.15, 0.2) is 6.17 Å². The largest absolute Gasteiger partial charge is 0.458 e. The number of nitro groups is 1. The minimum absolute atomic E-state index is 0.0918. The summed E-state index contributed by atoms with van der Waals surface area (Å²) in [6.07, 6.45) is 4.77. The van der Waals surface area contributed by atoms with Crippen molar-refractivity contribution in [3.05, 3.63) is 39.9 Å². The molecule has 0 aromatic heterocycles. The third kappa shape index (κ3) is 11.2. The van der Waals surface area contributed by atoms with E-state index in [0.717, 1.165) is 38.5 Å². The Morgan fingerprint density at radius 1 is 1.07 bits per heavy atom. The summed E-state index contributed by atoms with van der Waals surface area (Å²) in [5, 5.41) is 10.9. The van der Waals surface area contributed by atoms with Gasteiger partial charge in [0.2, 0.25) is 0 Å². The van der Waals surface area contributed by atoms with E-state index in [1.807, 2.05) is 0 Å². The van der Waals surface area contributed by atoms with Crippen LogP contribution in [0.4, 0.5) is 10.1 Å². The zero-order chi connectivity index (χ0) is 21.0. The Kier molecular flexibility index (Phi) is 12.0. The molecule has 0 N–H and O–H groups in total. The van der Waals surface area contributed by atoms with Crippen LogP contribution in [0, 0.1) is 10.1 Å². The maximum absolute atomic E-state index is 13.9. The first-order chi connectivity index (χ1) is 13.2. The van der Waals surface area contributed by atoms with E-state index in [1.54, 1.807) is 6.07 Å². The monoisotopic (exact) mass is 471 g/mol. The van der Waals surface area contributed by atoms with Gasteiger partial charge in [-0.15, -0.1) is 33.2 Å². The Morgan fingerprint density at radius 2 is 1.64 bits per heavy atom. The topological polar surface area (TPSA) is 69.4 Å². The predicted molar refractivity (Wildman–Crippen MR) is 113 cm³/mol. The molecule has 1 aromatic carbocycles. The fourth-order valence-corrected chi connectivity index (χ4v) is 4.55. The lowest BCUT2D eigenvalue weighted by Gasteiger charge is -2.09. The Balaban J connectivity index is 2.13. The van der Waals surface area contributed by atoms with Crippen molar-refractivity contribution in [1.29, 1.82) is 0 Å². The van der Waals surface area contributed by atoms with Gasteiger partial charge < -0.3 is 4.74 Å². The van der Waals surface area contributed by atoms with Crippen LogP contribution in [0.1, 0.15) is 56.9 Å². The summed E-state index contributed by atoms with van der Waals surface area (Å²) in [4.78, 5) is 22.1. The molecule has 0 amide bonds. The number of rotatable bonds is 14. The first-order valence-corrected chi connectivity index (χ1v) is 14.5. The molecule has 0 aliphatic heterocycles. The summed E-state index contributed by atoms with van der Waals surface area (Å²) in [6.45, 7) is -0.312. The number of ether oxygens (including phenoxy) is 1. The van der Waals surface area contributed by atoms with Crippen molar-refractivity contribution in [2.45, 2.75) is 70.2 Å². The minimum Gasteiger partial charge on any atom is -0.458 e. The Labute approximate surface area is 179 Å². The van der Waals surface area contributed by atoms with Gasteiger partial charge in [0.1, 0.15) is 6.61 Å². The average molecular weight is 473 g/mol. The molecule has 0 aliphatic rings. The second-order valence-electron chi connectivity index (χ2n) is 6.59. The number of hydrogen-bond donors (Lipinski definition) is 0. The van der Waals surface area contributed by atoms with Crippen molar-refractivity contribution in [3.63, 3.8) is 0 Å².